The Hall–Kier alpha value is -3.55. The number of benzene rings is 2. The highest BCUT2D eigenvalue weighted by Gasteiger charge is 2.53. The van der Waals surface area contributed by atoms with Crippen LogP contribution in [0.5, 0.6) is 11.5 Å². The summed E-state index contributed by atoms with van der Waals surface area (Å²) in [5, 5.41) is 5.63. The van der Waals surface area contributed by atoms with E-state index >= 15 is 0 Å². The van der Waals surface area contributed by atoms with Crippen molar-refractivity contribution in [3.63, 3.8) is 0 Å². The molecule has 2 aliphatic rings. The maximum absolute atomic E-state index is 12.7. The van der Waals surface area contributed by atoms with Crippen molar-refractivity contribution >= 4 is 17.7 Å². The number of nitrogens with zero attached hydrogens (tertiary/aromatic N) is 1. The SMILES string of the molecule is COc1ccccc1OCCNC(=O)[C@@H]1C[C@]2(CCN(C(=O)c3ccccc3)C2)C(=O)N1. The first-order valence-electron chi connectivity index (χ1n) is 10.7. The van der Waals surface area contributed by atoms with Crippen LogP contribution in [-0.2, 0) is 9.59 Å². The number of carbonyl (C=O) groups excluding carboxylic acids is 3. The lowest BCUT2D eigenvalue weighted by Gasteiger charge is -2.21. The Labute approximate surface area is 186 Å². The Morgan fingerprint density at radius 1 is 1.12 bits per heavy atom. The third-order valence-electron chi connectivity index (χ3n) is 6.09. The molecule has 2 aromatic carbocycles. The van der Waals surface area contributed by atoms with E-state index in [2.05, 4.69) is 10.6 Å². The van der Waals surface area contributed by atoms with Crippen LogP contribution in [0.4, 0.5) is 0 Å². The van der Waals surface area contributed by atoms with Gasteiger partial charge in [0, 0.05) is 18.7 Å². The van der Waals surface area contributed by atoms with Crippen molar-refractivity contribution < 1.29 is 23.9 Å². The number of hydrogen-bond acceptors (Lipinski definition) is 5. The standard InChI is InChI=1S/C24H27N3O5/c1-31-19-9-5-6-10-20(19)32-14-12-25-21(28)18-15-24(23(30)26-18)11-13-27(16-24)22(29)17-7-3-2-4-8-17/h2-10,18H,11-16H2,1H3,(H,25,28)(H,26,30)/t18-,24-/m0/s1. The molecular formula is C24H27N3O5. The van der Waals surface area contributed by atoms with Crippen LogP contribution >= 0.6 is 0 Å². The van der Waals surface area contributed by atoms with Gasteiger partial charge < -0.3 is 25.0 Å². The normalized spacial score (nSPS) is 22.0. The summed E-state index contributed by atoms with van der Waals surface area (Å²) in [4.78, 5) is 39.8. The summed E-state index contributed by atoms with van der Waals surface area (Å²) in [5.74, 6) is 0.737. The lowest BCUT2D eigenvalue weighted by Crippen LogP contribution is -2.43. The highest BCUT2D eigenvalue weighted by Crippen LogP contribution is 2.40. The van der Waals surface area contributed by atoms with Gasteiger partial charge in [-0.3, -0.25) is 14.4 Å². The molecule has 4 rings (SSSR count). The van der Waals surface area contributed by atoms with Crippen LogP contribution in [0.1, 0.15) is 23.2 Å². The molecule has 2 aliphatic heterocycles. The Bertz CT molecular complexity index is 996. The highest BCUT2D eigenvalue weighted by molar-refractivity contribution is 5.97. The quantitative estimate of drug-likeness (QED) is 0.642. The summed E-state index contributed by atoms with van der Waals surface area (Å²) in [5.41, 5.74) is -0.104. The fourth-order valence-electron chi connectivity index (χ4n) is 4.36. The number of ether oxygens (including phenoxy) is 2. The molecule has 8 heteroatoms. The van der Waals surface area contributed by atoms with Crippen LogP contribution in [0.3, 0.4) is 0 Å². The van der Waals surface area contributed by atoms with Crippen molar-refractivity contribution in [2.24, 2.45) is 5.41 Å². The molecule has 0 aromatic heterocycles. The Balaban J connectivity index is 1.28. The van der Waals surface area contributed by atoms with E-state index in [1.165, 1.54) is 0 Å². The van der Waals surface area contributed by atoms with Crippen LogP contribution in [0, 0.1) is 5.41 Å². The molecule has 2 aromatic rings. The Morgan fingerprint density at radius 2 is 1.84 bits per heavy atom. The van der Waals surface area contributed by atoms with Crippen LogP contribution in [0.15, 0.2) is 54.6 Å². The van der Waals surface area contributed by atoms with Gasteiger partial charge in [-0.15, -0.1) is 0 Å². The molecule has 2 fully saturated rings. The minimum atomic E-state index is -0.708. The van der Waals surface area contributed by atoms with Gasteiger partial charge in [0.1, 0.15) is 12.6 Å². The number of nitrogens with one attached hydrogen (secondary N) is 2. The maximum atomic E-state index is 12.7. The van der Waals surface area contributed by atoms with Gasteiger partial charge >= 0.3 is 0 Å². The predicted octanol–water partition coefficient (Wildman–Crippen LogP) is 1.61. The number of carbonyl (C=O) groups is 3. The van der Waals surface area contributed by atoms with Gasteiger partial charge in [-0.25, -0.2) is 0 Å². The topological polar surface area (TPSA) is 97.0 Å². The maximum Gasteiger partial charge on any atom is 0.253 e. The molecule has 0 radical (unpaired) electrons. The van der Waals surface area contributed by atoms with E-state index in [1.807, 2.05) is 30.3 Å². The second-order valence-corrected chi connectivity index (χ2v) is 8.14. The molecule has 2 atom stereocenters. The minimum absolute atomic E-state index is 0.0864. The molecule has 32 heavy (non-hydrogen) atoms. The summed E-state index contributed by atoms with van der Waals surface area (Å²) in [6.07, 6.45) is 0.932. The van der Waals surface area contributed by atoms with Crippen LogP contribution in [-0.4, -0.2) is 62.0 Å². The molecule has 168 valence electrons. The molecule has 0 saturated carbocycles. The molecular weight excluding hydrogens is 410 g/mol. The number of amides is 3. The van der Waals surface area contributed by atoms with E-state index in [1.54, 1.807) is 36.3 Å². The fraction of sp³-hybridized carbons (Fsp3) is 0.375. The van der Waals surface area contributed by atoms with E-state index in [4.69, 9.17) is 9.47 Å². The summed E-state index contributed by atoms with van der Waals surface area (Å²) in [6, 6.07) is 15.7. The lowest BCUT2D eigenvalue weighted by molar-refractivity contribution is -0.128. The molecule has 2 saturated heterocycles. The summed E-state index contributed by atoms with van der Waals surface area (Å²) < 4.78 is 10.9. The van der Waals surface area contributed by atoms with Crippen LogP contribution in [0.25, 0.3) is 0 Å². The fourth-order valence-corrected chi connectivity index (χ4v) is 4.36. The first-order chi connectivity index (χ1) is 15.5. The van der Waals surface area contributed by atoms with E-state index < -0.39 is 11.5 Å². The summed E-state index contributed by atoms with van der Waals surface area (Å²) in [6.45, 7) is 1.40. The van der Waals surface area contributed by atoms with Crippen molar-refractivity contribution in [1.82, 2.24) is 15.5 Å². The van der Waals surface area contributed by atoms with Crippen molar-refractivity contribution in [2.75, 3.05) is 33.4 Å². The molecule has 2 N–H and O–H groups in total. The van der Waals surface area contributed by atoms with Gasteiger partial charge in [0.05, 0.1) is 19.1 Å². The number of para-hydroxylation sites is 2. The molecule has 0 aliphatic carbocycles. The molecule has 0 bridgehead atoms. The van der Waals surface area contributed by atoms with Crippen LogP contribution in [0.2, 0.25) is 0 Å². The van der Waals surface area contributed by atoms with Crippen molar-refractivity contribution in [3.8, 4) is 11.5 Å². The number of methoxy groups -OCH3 is 1. The number of likely N-dealkylation sites (tertiary alicyclic amines) is 1. The number of rotatable bonds is 7. The van der Waals surface area contributed by atoms with Gasteiger partial charge in [0.15, 0.2) is 11.5 Å². The second-order valence-electron chi connectivity index (χ2n) is 8.14. The largest absolute Gasteiger partial charge is 0.493 e. The highest BCUT2D eigenvalue weighted by atomic mass is 16.5. The van der Waals surface area contributed by atoms with E-state index in [9.17, 15) is 14.4 Å². The van der Waals surface area contributed by atoms with E-state index in [0.717, 1.165) is 0 Å². The molecule has 8 nitrogen and oxygen atoms in total. The van der Waals surface area contributed by atoms with Crippen LogP contribution < -0.4 is 20.1 Å². The average molecular weight is 437 g/mol. The first-order valence-corrected chi connectivity index (χ1v) is 10.7. The second kappa shape index (κ2) is 9.30. The number of hydrogen-bond donors (Lipinski definition) is 2. The summed E-state index contributed by atoms with van der Waals surface area (Å²) in [7, 11) is 1.57. The van der Waals surface area contributed by atoms with Crippen molar-refractivity contribution in [2.45, 2.75) is 18.9 Å². The zero-order chi connectivity index (χ0) is 22.6. The van der Waals surface area contributed by atoms with E-state index in [0.29, 0.717) is 49.5 Å². The third-order valence-corrected chi connectivity index (χ3v) is 6.09. The van der Waals surface area contributed by atoms with E-state index in [-0.39, 0.29) is 24.3 Å². The van der Waals surface area contributed by atoms with Gasteiger partial charge in [0.25, 0.3) is 5.91 Å². The van der Waals surface area contributed by atoms with Gasteiger partial charge in [-0.1, -0.05) is 30.3 Å². The zero-order valence-electron chi connectivity index (χ0n) is 18.0. The van der Waals surface area contributed by atoms with Crippen molar-refractivity contribution in [1.29, 1.82) is 0 Å². The summed E-state index contributed by atoms with van der Waals surface area (Å²) >= 11 is 0. The molecule has 0 unspecified atom stereocenters. The minimum Gasteiger partial charge on any atom is -0.493 e. The third kappa shape index (κ3) is 4.39. The predicted molar refractivity (Wildman–Crippen MR) is 117 cm³/mol. The lowest BCUT2D eigenvalue weighted by atomic mass is 9.84. The Kier molecular flexibility index (Phi) is 6.30. The average Bonchev–Trinajstić information content (AvgIpc) is 3.40. The zero-order valence-corrected chi connectivity index (χ0v) is 18.0. The van der Waals surface area contributed by atoms with Gasteiger partial charge in [0.2, 0.25) is 11.8 Å². The molecule has 3 amide bonds. The smallest absolute Gasteiger partial charge is 0.253 e. The molecule has 1 spiro atoms. The van der Waals surface area contributed by atoms with Gasteiger partial charge in [-0.2, -0.15) is 0 Å². The monoisotopic (exact) mass is 437 g/mol. The van der Waals surface area contributed by atoms with Crippen molar-refractivity contribution in [3.05, 3.63) is 60.2 Å². The van der Waals surface area contributed by atoms with Gasteiger partial charge in [-0.05, 0) is 37.1 Å². The first kappa shape index (κ1) is 21.7. The Morgan fingerprint density at radius 3 is 2.59 bits per heavy atom. The molecule has 2 heterocycles.